The van der Waals surface area contributed by atoms with Crippen LogP contribution < -0.4 is 5.32 Å². The molecule has 19 heavy (non-hydrogen) atoms. The van der Waals surface area contributed by atoms with Crippen LogP contribution >= 0.6 is 0 Å². The lowest BCUT2D eigenvalue weighted by atomic mass is 9.86. The van der Waals surface area contributed by atoms with Gasteiger partial charge in [-0.25, -0.2) is 8.78 Å². The number of likely N-dealkylation sites (N-methyl/N-ethyl adjacent to an activating group) is 1. The van der Waals surface area contributed by atoms with Crippen molar-refractivity contribution in [2.75, 3.05) is 13.6 Å². The van der Waals surface area contributed by atoms with Crippen LogP contribution in [0.1, 0.15) is 44.7 Å². The predicted octanol–water partition coefficient (Wildman–Crippen LogP) is 4.39. The van der Waals surface area contributed by atoms with Crippen molar-refractivity contribution in [1.29, 1.82) is 0 Å². The number of halogens is 2. The van der Waals surface area contributed by atoms with Crippen molar-refractivity contribution in [2.45, 2.75) is 39.5 Å². The van der Waals surface area contributed by atoms with Gasteiger partial charge < -0.3 is 5.32 Å². The zero-order chi connectivity index (χ0) is 14.6. The van der Waals surface area contributed by atoms with Crippen molar-refractivity contribution < 1.29 is 8.78 Å². The maximum Gasteiger partial charge on any atom is 0.275 e. The van der Waals surface area contributed by atoms with E-state index in [0.717, 1.165) is 12.1 Å². The Kier molecular flexibility index (Phi) is 5.48. The van der Waals surface area contributed by atoms with E-state index in [2.05, 4.69) is 19.2 Å². The standard InChI is InChI=1S/C16H25F2N/c1-11(2)15(10-19-5)13-7-6-8-14(9-13)16(17,18)12(3)4/h6-9,11-12,15,19H,10H2,1-5H3. The van der Waals surface area contributed by atoms with Gasteiger partial charge in [0.05, 0.1) is 0 Å². The average molecular weight is 269 g/mol. The largest absolute Gasteiger partial charge is 0.319 e. The van der Waals surface area contributed by atoms with E-state index in [4.69, 9.17) is 0 Å². The van der Waals surface area contributed by atoms with Crippen molar-refractivity contribution in [3.8, 4) is 0 Å². The van der Waals surface area contributed by atoms with Crippen molar-refractivity contribution in [1.82, 2.24) is 5.32 Å². The van der Waals surface area contributed by atoms with Crippen LogP contribution in [-0.2, 0) is 5.92 Å². The van der Waals surface area contributed by atoms with E-state index in [1.165, 1.54) is 6.07 Å². The summed E-state index contributed by atoms with van der Waals surface area (Å²) in [5.74, 6) is -2.79. The number of alkyl halides is 2. The van der Waals surface area contributed by atoms with E-state index in [0.29, 0.717) is 5.92 Å². The predicted molar refractivity (Wildman–Crippen MR) is 76.7 cm³/mol. The summed E-state index contributed by atoms with van der Waals surface area (Å²) in [7, 11) is 1.89. The van der Waals surface area contributed by atoms with Crippen molar-refractivity contribution in [2.24, 2.45) is 11.8 Å². The molecule has 0 aliphatic carbocycles. The highest BCUT2D eigenvalue weighted by atomic mass is 19.3. The van der Waals surface area contributed by atoms with E-state index in [-0.39, 0.29) is 11.5 Å². The fraction of sp³-hybridized carbons (Fsp3) is 0.625. The SMILES string of the molecule is CNCC(c1cccc(C(F)(F)C(C)C)c1)C(C)C. The molecular formula is C16H25F2N. The monoisotopic (exact) mass is 269 g/mol. The van der Waals surface area contributed by atoms with Gasteiger partial charge in [-0.1, -0.05) is 45.9 Å². The lowest BCUT2D eigenvalue weighted by Gasteiger charge is -2.25. The molecule has 1 rings (SSSR count). The summed E-state index contributed by atoms with van der Waals surface area (Å²) in [6.07, 6.45) is 0. The second kappa shape index (κ2) is 6.47. The molecule has 1 unspecified atom stereocenters. The molecule has 0 bridgehead atoms. The molecule has 0 fully saturated rings. The van der Waals surface area contributed by atoms with E-state index in [1.54, 1.807) is 26.0 Å². The molecule has 1 aromatic rings. The van der Waals surface area contributed by atoms with Crippen LogP contribution in [0.25, 0.3) is 0 Å². The lowest BCUT2D eigenvalue weighted by Crippen LogP contribution is -2.24. The molecule has 0 amide bonds. The molecule has 0 radical (unpaired) electrons. The first-order chi connectivity index (χ1) is 8.80. The third-order valence-electron chi connectivity index (χ3n) is 3.65. The maximum atomic E-state index is 14.1. The quantitative estimate of drug-likeness (QED) is 0.807. The Morgan fingerprint density at radius 2 is 1.79 bits per heavy atom. The molecule has 0 spiro atoms. The Hall–Kier alpha value is -0.960. The Morgan fingerprint density at radius 1 is 1.16 bits per heavy atom. The summed E-state index contributed by atoms with van der Waals surface area (Å²) in [6, 6.07) is 6.89. The molecule has 0 aromatic heterocycles. The van der Waals surface area contributed by atoms with E-state index < -0.39 is 11.8 Å². The molecule has 1 nitrogen and oxygen atoms in total. The molecule has 1 aromatic carbocycles. The fourth-order valence-corrected chi connectivity index (χ4v) is 2.27. The highest BCUT2D eigenvalue weighted by Crippen LogP contribution is 2.37. The highest BCUT2D eigenvalue weighted by Gasteiger charge is 2.35. The third-order valence-corrected chi connectivity index (χ3v) is 3.65. The van der Waals surface area contributed by atoms with Crippen LogP contribution in [0, 0.1) is 11.8 Å². The normalized spacial score (nSPS) is 14.2. The van der Waals surface area contributed by atoms with Gasteiger partial charge in [-0.3, -0.25) is 0 Å². The summed E-state index contributed by atoms with van der Waals surface area (Å²) < 4.78 is 28.2. The molecule has 0 aliphatic rings. The molecule has 0 saturated carbocycles. The van der Waals surface area contributed by atoms with Gasteiger partial charge in [0.25, 0.3) is 5.92 Å². The lowest BCUT2D eigenvalue weighted by molar-refractivity contribution is -0.0514. The smallest absolute Gasteiger partial charge is 0.275 e. The summed E-state index contributed by atoms with van der Waals surface area (Å²) in [4.78, 5) is 0. The summed E-state index contributed by atoms with van der Waals surface area (Å²) >= 11 is 0. The zero-order valence-electron chi connectivity index (χ0n) is 12.5. The Morgan fingerprint density at radius 3 is 2.26 bits per heavy atom. The molecule has 0 heterocycles. The van der Waals surface area contributed by atoms with Crippen molar-refractivity contribution in [3.05, 3.63) is 35.4 Å². The van der Waals surface area contributed by atoms with Gasteiger partial charge in [0.15, 0.2) is 0 Å². The summed E-state index contributed by atoms with van der Waals surface area (Å²) in [5.41, 5.74) is 1.11. The minimum Gasteiger partial charge on any atom is -0.319 e. The van der Waals surface area contributed by atoms with Gasteiger partial charge in [0.2, 0.25) is 0 Å². The zero-order valence-corrected chi connectivity index (χ0v) is 12.5. The first kappa shape index (κ1) is 16.1. The second-order valence-corrected chi connectivity index (χ2v) is 5.81. The molecule has 3 heteroatoms. The topological polar surface area (TPSA) is 12.0 Å². The minimum atomic E-state index is -2.77. The van der Waals surface area contributed by atoms with Crippen LogP contribution in [0.5, 0.6) is 0 Å². The number of hydrogen-bond acceptors (Lipinski definition) is 1. The molecule has 0 aliphatic heterocycles. The number of rotatable bonds is 6. The van der Waals surface area contributed by atoms with Gasteiger partial charge in [-0.2, -0.15) is 0 Å². The third kappa shape index (κ3) is 3.75. The highest BCUT2D eigenvalue weighted by molar-refractivity contribution is 5.30. The van der Waals surface area contributed by atoms with Crippen LogP contribution in [0.2, 0.25) is 0 Å². The van der Waals surface area contributed by atoms with Gasteiger partial charge in [0.1, 0.15) is 0 Å². The van der Waals surface area contributed by atoms with E-state index >= 15 is 0 Å². The van der Waals surface area contributed by atoms with Gasteiger partial charge in [-0.05, 0) is 30.5 Å². The first-order valence-corrected chi connectivity index (χ1v) is 6.93. The Labute approximate surface area is 115 Å². The van der Waals surface area contributed by atoms with Crippen molar-refractivity contribution >= 4 is 0 Å². The van der Waals surface area contributed by atoms with Gasteiger partial charge in [0, 0.05) is 18.0 Å². The average Bonchev–Trinajstić information content (AvgIpc) is 2.35. The first-order valence-electron chi connectivity index (χ1n) is 6.93. The second-order valence-electron chi connectivity index (χ2n) is 5.81. The number of hydrogen-bond donors (Lipinski definition) is 1. The molecule has 1 atom stereocenters. The molecule has 0 saturated heterocycles. The summed E-state index contributed by atoms with van der Waals surface area (Å²) in [6.45, 7) is 8.15. The Bertz CT molecular complexity index is 399. The van der Waals surface area contributed by atoms with Crippen LogP contribution in [-0.4, -0.2) is 13.6 Å². The summed E-state index contributed by atoms with van der Waals surface area (Å²) in [5, 5.41) is 3.14. The van der Waals surface area contributed by atoms with Crippen LogP contribution in [0.3, 0.4) is 0 Å². The minimum absolute atomic E-state index is 0.127. The molecule has 1 N–H and O–H groups in total. The molecule has 108 valence electrons. The maximum absolute atomic E-state index is 14.1. The number of nitrogens with one attached hydrogen (secondary N) is 1. The molecular weight excluding hydrogens is 244 g/mol. The van der Waals surface area contributed by atoms with Crippen LogP contribution in [0.15, 0.2) is 24.3 Å². The van der Waals surface area contributed by atoms with E-state index in [1.807, 2.05) is 13.1 Å². The Balaban J connectivity index is 3.12. The van der Waals surface area contributed by atoms with Gasteiger partial charge >= 0.3 is 0 Å². The van der Waals surface area contributed by atoms with Gasteiger partial charge in [-0.15, -0.1) is 0 Å². The number of benzene rings is 1. The van der Waals surface area contributed by atoms with Crippen LogP contribution in [0.4, 0.5) is 8.78 Å². The van der Waals surface area contributed by atoms with E-state index in [9.17, 15) is 8.78 Å². The van der Waals surface area contributed by atoms with Crippen molar-refractivity contribution in [3.63, 3.8) is 0 Å². The fourth-order valence-electron chi connectivity index (χ4n) is 2.27.